The Hall–Kier alpha value is -0.448. The van der Waals surface area contributed by atoms with E-state index >= 15 is 0 Å². The van der Waals surface area contributed by atoms with Gasteiger partial charge in [-0.3, -0.25) is 0 Å². The molecule has 2 aromatic rings. The van der Waals surface area contributed by atoms with Gasteiger partial charge in [-0.2, -0.15) is 29.8 Å². The zero-order valence-electron chi connectivity index (χ0n) is 10.0. The van der Waals surface area contributed by atoms with Gasteiger partial charge in [-0.05, 0) is 6.92 Å². The molecular weight excluding hydrogens is 423 g/mol. The van der Waals surface area contributed by atoms with Gasteiger partial charge in [0.1, 0.15) is 5.78 Å². The molecule has 2 aromatic carbocycles. The molecule has 2 rings (SSSR count). The van der Waals surface area contributed by atoms with Crippen molar-refractivity contribution in [2.75, 3.05) is 0 Å². The van der Waals surface area contributed by atoms with E-state index in [9.17, 15) is 4.79 Å². The van der Waals surface area contributed by atoms with Gasteiger partial charge in [0.25, 0.3) is 0 Å². The van der Waals surface area contributed by atoms with Gasteiger partial charge in [-0.25, -0.2) is 0 Å². The topological polar surface area (TPSA) is 17.1 Å². The fraction of sp³-hybridized carbons (Fsp3) is 0.133. The molecule has 0 bridgehead atoms. The monoisotopic (exact) mass is 436 g/mol. The molecule has 0 fully saturated rings. The van der Waals surface area contributed by atoms with Crippen LogP contribution in [0.15, 0.2) is 42.5 Å². The molecule has 83 valence electrons. The van der Waals surface area contributed by atoms with E-state index in [1.165, 1.54) is 0 Å². The van der Waals surface area contributed by atoms with Gasteiger partial charge in [0.2, 0.25) is 0 Å². The Labute approximate surface area is 138 Å². The Balaban J connectivity index is 0.00000144. The van der Waals surface area contributed by atoms with Crippen LogP contribution in [0, 0.1) is 64.0 Å². The summed E-state index contributed by atoms with van der Waals surface area (Å²) in [7, 11) is 0. The quantitative estimate of drug-likeness (QED) is 0.522. The number of carbonyl (C=O) groups excluding carboxylic acids is 1. The van der Waals surface area contributed by atoms with Crippen molar-refractivity contribution in [3.05, 3.63) is 70.8 Å². The third kappa shape index (κ3) is 3.76. The third-order valence-corrected chi connectivity index (χ3v) is 2.54. The van der Waals surface area contributed by atoms with Gasteiger partial charge in [0.15, 0.2) is 0 Å². The van der Waals surface area contributed by atoms with E-state index < -0.39 is 0 Å². The molecule has 0 saturated carbocycles. The molecule has 0 aliphatic rings. The van der Waals surface area contributed by atoms with Crippen molar-refractivity contribution in [2.45, 2.75) is 13.8 Å². The van der Waals surface area contributed by atoms with Gasteiger partial charge in [-0.15, -0.1) is 0 Å². The number of aryl methyl sites for hydroxylation is 2. The molecular formula is C15H13AcO-. The van der Waals surface area contributed by atoms with Crippen LogP contribution in [-0.4, -0.2) is 5.78 Å². The maximum atomic E-state index is 12.0. The molecule has 2 heteroatoms. The van der Waals surface area contributed by atoms with Crippen molar-refractivity contribution in [2.24, 2.45) is 0 Å². The average molecular weight is 436 g/mol. The molecule has 0 spiro atoms. The Morgan fingerprint density at radius 3 is 2.06 bits per heavy atom. The molecule has 1 nitrogen and oxygen atoms in total. The van der Waals surface area contributed by atoms with Crippen LogP contribution < -0.4 is 0 Å². The van der Waals surface area contributed by atoms with E-state index in [4.69, 9.17) is 0 Å². The summed E-state index contributed by atoms with van der Waals surface area (Å²) in [4.78, 5) is 12.0. The van der Waals surface area contributed by atoms with E-state index in [2.05, 4.69) is 6.07 Å². The molecule has 0 amide bonds. The SMILES string of the molecule is Cc1[c-]cc(C(=O)c2ccc(C)cc2)cc1.[Ac]. The second-order valence-corrected chi connectivity index (χ2v) is 3.96. The number of hydrogen-bond acceptors (Lipinski definition) is 1. The van der Waals surface area contributed by atoms with Gasteiger partial charge < -0.3 is 4.79 Å². The number of carbonyl (C=O) groups is 1. The molecule has 17 heavy (non-hydrogen) atoms. The first-order chi connectivity index (χ1) is 7.66. The molecule has 0 unspecified atom stereocenters. The first-order valence-corrected chi connectivity index (χ1v) is 5.26. The van der Waals surface area contributed by atoms with Crippen molar-refractivity contribution in [1.29, 1.82) is 0 Å². The Morgan fingerprint density at radius 2 is 1.53 bits per heavy atom. The number of ketones is 1. The Kier molecular flexibility index (Phi) is 5.57. The summed E-state index contributed by atoms with van der Waals surface area (Å²) in [6.07, 6.45) is 0. The summed E-state index contributed by atoms with van der Waals surface area (Å²) in [5, 5.41) is 0. The van der Waals surface area contributed by atoms with Crippen LogP contribution in [-0.2, 0) is 0 Å². The summed E-state index contributed by atoms with van der Waals surface area (Å²) < 4.78 is 0. The first-order valence-electron chi connectivity index (χ1n) is 5.26. The predicted octanol–water partition coefficient (Wildman–Crippen LogP) is 3.33. The molecule has 1 radical (unpaired) electrons. The standard InChI is InChI=1S/C15H13O.Ac/c1-11-3-7-13(8-4-11)15(16)14-9-5-12(2)6-10-14;/h3-5,7-10H,1-2H3;/q-1;. The summed E-state index contributed by atoms with van der Waals surface area (Å²) in [5.74, 6) is 0.0521. The summed E-state index contributed by atoms with van der Waals surface area (Å²) >= 11 is 0. The number of benzene rings is 2. The van der Waals surface area contributed by atoms with Crippen molar-refractivity contribution in [3.63, 3.8) is 0 Å². The van der Waals surface area contributed by atoms with Gasteiger partial charge in [0.05, 0.1) is 0 Å². The van der Waals surface area contributed by atoms with Crippen molar-refractivity contribution >= 4 is 5.78 Å². The molecule has 0 N–H and O–H groups in total. The van der Waals surface area contributed by atoms with Crippen LogP contribution in [0.25, 0.3) is 0 Å². The van der Waals surface area contributed by atoms with Crippen LogP contribution in [0.4, 0.5) is 0 Å². The van der Waals surface area contributed by atoms with Crippen molar-refractivity contribution in [1.82, 2.24) is 0 Å². The average Bonchev–Trinajstić information content (AvgIpc) is 2.30. The first kappa shape index (κ1) is 14.6. The Bertz CT molecular complexity index is 450. The number of hydrogen-bond donors (Lipinski definition) is 0. The normalized spacial score (nSPS) is 9.53. The second-order valence-electron chi connectivity index (χ2n) is 3.96. The molecule has 0 aliphatic carbocycles. The van der Waals surface area contributed by atoms with E-state index in [1.807, 2.05) is 50.2 Å². The van der Waals surface area contributed by atoms with E-state index in [0.717, 1.165) is 16.7 Å². The Morgan fingerprint density at radius 1 is 0.941 bits per heavy atom. The maximum Gasteiger partial charge on any atom is 0.138 e. The minimum absolute atomic E-state index is 0. The molecule has 0 aromatic heterocycles. The molecule has 0 atom stereocenters. The van der Waals surface area contributed by atoms with E-state index in [1.54, 1.807) is 6.07 Å². The van der Waals surface area contributed by atoms with Crippen LogP contribution in [0.1, 0.15) is 27.0 Å². The zero-order chi connectivity index (χ0) is 11.5. The summed E-state index contributed by atoms with van der Waals surface area (Å²) in [5.41, 5.74) is 3.62. The zero-order valence-corrected chi connectivity index (χ0v) is 14.8. The smallest absolute Gasteiger partial charge is 0.138 e. The van der Waals surface area contributed by atoms with Crippen LogP contribution in [0.3, 0.4) is 0 Å². The summed E-state index contributed by atoms with van der Waals surface area (Å²) in [6.45, 7) is 3.97. The van der Waals surface area contributed by atoms with Gasteiger partial charge >= 0.3 is 0 Å². The van der Waals surface area contributed by atoms with E-state index in [-0.39, 0.29) is 49.8 Å². The van der Waals surface area contributed by atoms with Gasteiger partial charge in [0, 0.05) is 49.6 Å². The fourth-order valence-electron chi connectivity index (χ4n) is 1.52. The molecule has 0 saturated heterocycles. The minimum Gasteiger partial charge on any atom is -0.303 e. The van der Waals surface area contributed by atoms with Crippen LogP contribution in [0.5, 0.6) is 0 Å². The minimum atomic E-state index is 0. The van der Waals surface area contributed by atoms with Crippen molar-refractivity contribution < 1.29 is 48.9 Å². The third-order valence-electron chi connectivity index (χ3n) is 2.54. The number of rotatable bonds is 2. The largest absolute Gasteiger partial charge is 0.303 e. The van der Waals surface area contributed by atoms with Crippen LogP contribution >= 0.6 is 0 Å². The van der Waals surface area contributed by atoms with Crippen LogP contribution in [0.2, 0.25) is 0 Å². The summed E-state index contributed by atoms with van der Waals surface area (Å²) in [6, 6.07) is 16.2. The van der Waals surface area contributed by atoms with Gasteiger partial charge in [-0.1, -0.05) is 42.3 Å². The predicted molar refractivity (Wildman–Crippen MR) is 64.6 cm³/mol. The molecule has 0 aliphatic heterocycles. The van der Waals surface area contributed by atoms with Crippen molar-refractivity contribution in [3.8, 4) is 0 Å². The second kappa shape index (κ2) is 6.48. The fourth-order valence-corrected chi connectivity index (χ4v) is 1.52. The molecule has 0 heterocycles. The maximum absolute atomic E-state index is 12.0. The van der Waals surface area contributed by atoms with E-state index in [0.29, 0.717) is 5.56 Å².